The number of pyridine rings is 1. The number of nitrogens with zero attached hydrogens (tertiary/aromatic N) is 3. The Labute approximate surface area is 106 Å². The van der Waals surface area contributed by atoms with Crippen molar-refractivity contribution >= 4 is 17.4 Å². The first kappa shape index (κ1) is 12.4. The highest BCUT2D eigenvalue weighted by atomic mass is 32.2. The maximum Gasteiger partial charge on any atom is 0.339 e. The van der Waals surface area contributed by atoms with E-state index in [4.69, 9.17) is 5.73 Å². The van der Waals surface area contributed by atoms with Crippen LogP contribution in [0.4, 0.5) is 5.69 Å². The molecule has 94 valence electrons. The third kappa shape index (κ3) is 2.43. The van der Waals surface area contributed by atoms with Gasteiger partial charge in [-0.25, -0.2) is 4.98 Å². The topological polar surface area (TPSA) is 107 Å². The molecule has 0 amide bonds. The van der Waals surface area contributed by atoms with E-state index in [1.54, 1.807) is 19.2 Å². The smallest absolute Gasteiger partial charge is 0.339 e. The van der Waals surface area contributed by atoms with Crippen molar-refractivity contribution in [3.8, 4) is 0 Å². The van der Waals surface area contributed by atoms with Gasteiger partial charge in [-0.15, -0.1) is 0 Å². The van der Waals surface area contributed by atoms with Crippen LogP contribution < -0.4 is 16.9 Å². The highest BCUT2D eigenvalue weighted by molar-refractivity contribution is 7.99. The number of aromatic amines is 1. The molecule has 7 nitrogen and oxygen atoms in total. The molecule has 0 saturated heterocycles. The van der Waals surface area contributed by atoms with Gasteiger partial charge in [0.05, 0.1) is 5.69 Å². The number of aromatic nitrogens is 4. The lowest BCUT2D eigenvalue weighted by Crippen LogP contribution is -2.33. The predicted molar refractivity (Wildman–Crippen MR) is 67.6 cm³/mol. The number of aryl methyl sites for hydroxylation is 2. The minimum Gasteiger partial charge on any atom is -0.397 e. The molecule has 18 heavy (non-hydrogen) atoms. The molecule has 2 aromatic rings. The molecule has 0 aliphatic rings. The normalized spacial score (nSPS) is 10.6. The average Bonchev–Trinajstić information content (AvgIpc) is 2.30. The second-order valence-corrected chi connectivity index (χ2v) is 4.60. The summed E-state index contributed by atoms with van der Waals surface area (Å²) >= 11 is 1.12. The Bertz CT molecular complexity index is 706. The molecule has 0 fully saturated rings. The number of nitrogens with two attached hydrogens (primary N) is 1. The minimum atomic E-state index is -0.832. The second kappa shape index (κ2) is 4.65. The Hall–Kier alpha value is -2.09. The van der Waals surface area contributed by atoms with Crippen molar-refractivity contribution in [1.29, 1.82) is 0 Å². The van der Waals surface area contributed by atoms with Gasteiger partial charge in [0.2, 0.25) is 0 Å². The van der Waals surface area contributed by atoms with E-state index in [1.165, 1.54) is 4.68 Å². The highest BCUT2D eigenvalue weighted by Gasteiger charge is 2.09. The molecule has 2 aromatic heterocycles. The summed E-state index contributed by atoms with van der Waals surface area (Å²) in [5.41, 5.74) is 5.49. The molecule has 2 rings (SSSR count). The first-order valence-electron chi connectivity index (χ1n) is 5.05. The molecule has 0 aliphatic heterocycles. The molecule has 0 saturated carbocycles. The lowest BCUT2D eigenvalue weighted by atomic mass is 10.3. The molecule has 0 aromatic carbocycles. The Kier molecular flexibility index (Phi) is 3.19. The zero-order chi connectivity index (χ0) is 13.3. The molecule has 3 N–H and O–H groups in total. The molecule has 0 atom stereocenters. The van der Waals surface area contributed by atoms with Gasteiger partial charge < -0.3 is 5.73 Å². The quantitative estimate of drug-likeness (QED) is 0.735. The van der Waals surface area contributed by atoms with Crippen LogP contribution in [0.3, 0.4) is 0 Å². The number of hydrogen-bond acceptors (Lipinski definition) is 6. The summed E-state index contributed by atoms with van der Waals surface area (Å²) in [6.07, 6.45) is 0. The number of anilines is 1. The van der Waals surface area contributed by atoms with Gasteiger partial charge in [0.25, 0.3) is 0 Å². The molecule has 0 spiro atoms. The molecule has 0 aliphatic carbocycles. The molecule has 0 bridgehead atoms. The van der Waals surface area contributed by atoms with Crippen molar-refractivity contribution in [2.75, 3.05) is 5.73 Å². The SMILES string of the molecule is Cc1ccc(N)c(Sc2nc(=O)c(=O)[nH]n2C)n1. The van der Waals surface area contributed by atoms with Crippen LogP contribution >= 0.6 is 11.8 Å². The maximum absolute atomic E-state index is 11.2. The van der Waals surface area contributed by atoms with Crippen molar-refractivity contribution in [3.63, 3.8) is 0 Å². The van der Waals surface area contributed by atoms with Crippen LogP contribution in [0.5, 0.6) is 0 Å². The van der Waals surface area contributed by atoms with Crippen LogP contribution in [0.15, 0.2) is 31.9 Å². The molecule has 0 radical (unpaired) electrons. The Balaban J connectivity index is 2.46. The van der Waals surface area contributed by atoms with E-state index in [0.29, 0.717) is 15.9 Å². The van der Waals surface area contributed by atoms with E-state index in [-0.39, 0.29) is 0 Å². The minimum absolute atomic E-state index is 0.324. The molecule has 0 unspecified atom stereocenters. The summed E-state index contributed by atoms with van der Waals surface area (Å²) < 4.78 is 1.36. The Morgan fingerprint density at radius 1 is 1.33 bits per heavy atom. The molecule has 8 heteroatoms. The van der Waals surface area contributed by atoms with Gasteiger partial charge in [0, 0.05) is 12.7 Å². The number of rotatable bonds is 2. The van der Waals surface area contributed by atoms with Crippen molar-refractivity contribution in [2.45, 2.75) is 17.1 Å². The van der Waals surface area contributed by atoms with Crippen molar-refractivity contribution in [2.24, 2.45) is 7.05 Å². The third-order valence-corrected chi connectivity index (χ3v) is 3.23. The van der Waals surface area contributed by atoms with Crippen molar-refractivity contribution < 1.29 is 0 Å². The van der Waals surface area contributed by atoms with Gasteiger partial charge >= 0.3 is 11.1 Å². The summed E-state index contributed by atoms with van der Waals surface area (Å²) in [7, 11) is 1.59. The number of H-pyrrole nitrogens is 1. The fourth-order valence-electron chi connectivity index (χ4n) is 1.26. The van der Waals surface area contributed by atoms with Gasteiger partial charge in [0.1, 0.15) is 5.03 Å². The highest BCUT2D eigenvalue weighted by Crippen LogP contribution is 2.27. The monoisotopic (exact) mass is 265 g/mol. The van der Waals surface area contributed by atoms with E-state index in [1.807, 2.05) is 6.92 Å². The summed E-state index contributed by atoms with van der Waals surface area (Å²) in [6.45, 7) is 1.84. The van der Waals surface area contributed by atoms with Gasteiger partial charge in [-0.2, -0.15) is 4.98 Å². The average molecular weight is 265 g/mol. The van der Waals surface area contributed by atoms with Crippen LogP contribution in [-0.2, 0) is 7.05 Å². The summed E-state index contributed by atoms with van der Waals surface area (Å²) in [5.74, 6) is 0. The van der Waals surface area contributed by atoms with Crippen molar-refractivity contribution in [1.82, 2.24) is 19.7 Å². The largest absolute Gasteiger partial charge is 0.397 e. The third-order valence-electron chi connectivity index (χ3n) is 2.16. The fraction of sp³-hybridized carbons (Fsp3) is 0.200. The van der Waals surface area contributed by atoms with Gasteiger partial charge in [-0.1, -0.05) is 0 Å². The second-order valence-electron chi connectivity index (χ2n) is 3.65. The Morgan fingerprint density at radius 2 is 2.06 bits per heavy atom. The predicted octanol–water partition coefficient (Wildman–Crippen LogP) is -0.0946. The van der Waals surface area contributed by atoms with E-state index < -0.39 is 11.1 Å². The first-order valence-corrected chi connectivity index (χ1v) is 5.87. The number of hydrogen-bond donors (Lipinski definition) is 2. The van der Waals surface area contributed by atoms with Gasteiger partial charge in [0.15, 0.2) is 5.16 Å². The number of nitrogen functional groups attached to an aromatic ring is 1. The van der Waals surface area contributed by atoms with Gasteiger partial charge in [-0.3, -0.25) is 19.4 Å². The zero-order valence-electron chi connectivity index (χ0n) is 9.80. The lowest BCUT2D eigenvalue weighted by Gasteiger charge is -2.07. The molecule has 2 heterocycles. The fourth-order valence-corrected chi connectivity index (χ4v) is 2.12. The Morgan fingerprint density at radius 3 is 2.78 bits per heavy atom. The van der Waals surface area contributed by atoms with E-state index in [0.717, 1.165) is 17.5 Å². The lowest BCUT2D eigenvalue weighted by molar-refractivity contribution is 0.596. The zero-order valence-corrected chi connectivity index (χ0v) is 10.6. The summed E-state index contributed by atoms with van der Waals surface area (Å²) in [6, 6.07) is 3.52. The van der Waals surface area contributed by atoms with Crippen LogP contribution in [0.1, 0.15) is 5.69 Å². The maximum atomic E-state index is 11.2. The summed E-state index contributed by atoms with van der Waals surface area (Å²) in [5, 5.41) is 3.23. The van der Waals surface area contributed by atoms with Crippen LogP contribution in [0.2, 0.25) is 0 Å². The van der Waals surface area contributed by atoms with E-state index in [9.17, 15) is 9.59 Å². The first-order chi connectivity index (χ1) is 8.47. The number of nitrogens with one attached hydrogen (secondary N) is 1. The molecular weight excluding hydrogens is 254 g/mol. The standard InChI is InChI=1S/C10H11N5O2S/c1-5-3-4-6(11)9(12-5)18-10-13-7(16)8(17)14-15(10)2/h3-4H,11H2,1-2H3,(H,14,17). The van der Waals surface area contributed by atoms with Gasteiger partial charge in [-0.05, 0) is 30.8 Å². The van der Waals surface area contributed by atoms with Crippen molar-refractivity contribution in [3.05, 3.63) is 38.5 Å². The summed E-state index contributed by atoms with van der Waals surface area (Å²) in [4.78, 5) is 30.2. The van der Waals surface area contributed by atoms with Crippen LogP contribution in [0.25, 0.3) is 0 Å². The molecular formula is C10H11N5O2S. The van der Waals surface area contributed by atoms with Crippen LogP contribution in [-0.4, -0.2) is 19.7 Å². The van der Waals surface area contributed by atoms with E-state index >= 15 is 0 Å². The van der Waals surface area contributed by atoms with Crippen LogP contribution in [0, 0.1) is 6.92 Å². The van der Waals surface area contributed by atoms with E-state index in [2.05, 4.69) is 15.1 Å².